The molecule has 0 N–H and O–H groups in total. The third-order valence-corrected chi connectivity index (χ3v) is 3.60. The monoisotopic (exact) mass is 285 g/mol. The summed E-state index contributed by atoms with van der Waals surface area (Å²) in [5.74, 6) is -0.268. The van der Waals surface area contributed by atoms with Gasteiger partial charge in [0.25, 0.3) is 0 Å². The lowest BCUT2D eigenvalue weighted by molar-refractivity contribution is -0.137. The number of allylic oxidation sites excluding steroid dienone is 2. The number of ether oxygens (including phenoxy) is 1. The van der Waals surface area contributed by atoms with Crippen molar-refractivity contribution in [2.24, 2.45) is 0 Å². The van der Waals surface area contributed by atoms with Crippen LogP contribution >= 0.6 is 0 Å². The summed E-state index contributed by atoms with van der Waals surface area (Å²) in [5, 5.41) is 0. The average molecular weight is 285 g/mol. The van der Waals surface area contributed by atoms with E-state index in [2.05, 4.69) is 41.3 Å². The maximum Gasteiger partial charge on any atom is 0.330 e. The van der Waals surface area contributed by atoms with Crippen molar-refractivity contribution in [1.82, 2.24) is 4.90 Å². The number of carbonyl (C=O) groups is 1. The highest BCUT2D eigenvalue weighted by molar-refractivity contribution is 5.82. The Kier molecular flexibility index (Phi) is 6.22. The number of hydrogen-bond donors (Lipinski definition) is 0. The largest absolute Gasteiger partial charge is 0.463 e. The normalized spacial score (nSPS) is 16.1. The number of rotatable bonds is 5. The van der Waals surface area contributed by atoms with Crippen molar-refractivity contribution in [2.45, 2.75) is 26.3 Å². The molecule has 0 aliphatic carbocycles. The van der Waals surface area contributed by atoms with Crippen molar-refractivity contribution in [3.8, 4) is 0 Å². The summed E-state index contributed by atoms with van der Waals surface area (Å²) < 4.78 is 4.85. The Morgan fingerprint density at radius 1 is 1.24 bits per heavy atom. The Labute approximate surface area is 126 Å². The lowest BCUT2D eigenvalue weighted by Gasteiger charge is -2.28. The number of likely N-dealkylation sites (tertiary alicyclic amines) is 1. The molecule has 0 aromatic heterocycles. The smallest absolute Gasteiger partial charge is 0.330 e. The predicted octanol–water partition coefficient (Wildman–Crippen LogP) is 3.33. The summed E-state index contributed by atoms with van der Waals surface area (Å²) >= 11 is 0. The molecule has 0 radical (unpaired) electrons. The fraction of sp³-hybridized carbons (Fsp3) is 0.389. The van der Waals surface area contributed by atoms with Crippen molar-refractivity contribution >= 4 is 5.97 Å². The van der Waals surface area contributed by atoms with Crippen LogP contribution in [0, 0.1) is 0 Å². The van der Waals surface area contributed by atoms with Crippen molar-refractivity contribution in [2.75, 3.05) is 19.7 Å². The molecule has 1 aromatic rings. The Balaban J connectivity index is 1.76. The molecule has 21 heavy (non-hydrogen) atoms. The van der Waals surface area contributed by atoms with Gasteiger partial charge in [-0.25, -0.2) is 4.79 Å². The van der Waals surface area contributed by atoms with Crippen LogP contribution in [0.1, 0.15) is 25.3 Å². The van der Waals surface area contributed by atoms with E-state index in [1.54, 1.807) is 6.08 Å². The summed E-state index contributed by atoms with van der Waals surface area (Å²) in [4.78, 5) is 13.7. The number of piperidine rings is 1. The molecule has 0 bridgehead atoms. The molecule has 1 saturated heterocycles. The van der Waals surface area contributed by atoms with Gasteiger partial charge in [-0.2, -0.15) is 0 Å². The molecule has 3 nitrogen and oxygen atoms in total. The Bertz CT molecular complexity index is 495. The van der Waals surface area contributed by atoms with Gasteiger partial charge in [0.2, 0.25) is 0 Å². The highest BCUT2D eigenvalue weighted by atomic mass is 16.5. The van der Waals surface area contributed by atoms with Crippen molar-refractivity contribution in [1.29, 1.82) is 0 Å². The van der Waals surface area contributed by atoms with Gasteiger partial charge >= 0.3 is 5.97 Å². The van der Waals surface area contributed by atoms with Crippen LogP contribution in [-0.4, -0.2) is 30.6 Å². The van der Waals surface area contributed by atoms with E-state index < -0.39 is 0 Å². The lowest BCUT2D eigenvalue weighted by Crippen LogP contribution is -2.30. The summed E-state index contributed by atoms with van der Waals surface area (Å²) in [6.07, 6.45) is 7.49. The van der Waals surface area contributed by atoms with Gasteiger partial charge in [0.15, 0.2) is 0 Å². The van der Waals surface area contributed by atoms with E-state index in [1.807, 2.05) is 6.92 Å². The molecule has 1 heterocycles. The molecule has 0 spiro atoms. The third kappa shape index (κ3) is 5.56. The maximum absolute atomic E-state index is 11.2. The van der Waals surface area contributed by atoms with E-state index in [1.165, 1.54) is 17.2 Å². The molecule has 0 unspecified atom stereocenters. The van der Waals surface area contributed by atoms with Gasteiger partial charge in [0.1, 0.15) is 0 Å². The van der Waals surface area contributed by atoms with Crippen LogP contribution in [0.2, 0.25) is 0 Å². The molecule has 2 rings (SSSR count). The first-order valence-electron chi connectivity index (χ1n) is 7.57. The summed E-state index contributed by atoms with van der Waals surface area (Å²) in [7, 11) is 0. The molecular weight excluding hydrogens is 262 g/mol. The second kappa shape index (κ2) is 8.42. The Morgan fingerprint density at radius 2 is 1.95 bits per heavy atom. The minimum atomic E-state index is -0.268. The second-order valence-electron chi connectivity index (χ2n) is 5.20. The molecule has 1 aromatic carbocycles. The van der Waals surface area contributed by atoms with E-state index in [9.17, 15) is 4.79 Å². The van der Waals surface area contributed by atoms with Crippen LogP contribution in [-0.2, 0) is 16.1 Å². The minimum Gasteiger partial charge on any atom is -0.463 e. The highest BCUT2D eigenvalue weighted by Crippen LogP contribution is 2.18. The van der Waals surface area contributed by atoms with Crippen LogP contribution in [0.25, 0.3) is 0 Å². The van der Waals surface area contributed by atoms with E-state index >= 15 is 0 Å². The van der Waals surface area contributed by atoms with E-state index in [4.69, 9.17) is 4.74 Å². The zero-order valence-electron chi connectivity index (χ0n) is 12.6. The SMILES string of the molecule is CCOC(=O)/C=C/C=C1CCN(Cc2ccccc2)CC1. The Hall–Kier alpha value is -1.87. The number of nitrogens with zero attached hydrogens (tertiary/aromatic N) is 1. The fourth-order valence-corrected chi connectivity index (χ4v) is 2.46. The second-order valence-corrected chi connectivity index (χ2v) is 5.20. The molecule has 0 saturated carbocycles. The van der Waals surface area contributed by atoms with E-state index in [0.717, 1.165) is 32.5 Å². The lowest BCUT2D eigenvalue weighted by atomic mass is 10.0. The van der Waals surface area contributed by atoms with Gasteiger partial charge < -0.3 is 4.74 Å². The van der Waals surface area contributed by atoms with Crippen LogP contribution < -0.4 is 0 Å². The van der Waals surface area contributed by atoms with Gasteiger partial charge in [-0.05, 0) is 25.3 Å². The topological polar surface area (TPSA) is 29.5 Å². The molecular formula is C18H23NO2. The molecule has 1 fully saturated rings. The standard InChI is InChI=1S/C18H23NO2/c1-2-21-18(20)10-6-9-16-11-13-19(14-12-16)15-17-7-4-3-5-8-17/h3-10H,2,11-15H2,1H3/b10-6+. The quantitative estimate of drug-likeness (QED) is 0.614. The van der Waals surface area contributed by atoms with Gasteiger partial charge in [0, 0.05) is 25.7 Å². The highest BCUT2D eigenvalue weighted by Gasteiger charge is 2.13. The first-order valence-corrected chi connectivity index (χ1v) is 7.57. The zero-order chi connectivity index (χ0) is 14.9. The summed E-state index contributed by atoms with van der Waals surface area (Å²) in [6, 6.07) is 10.6. The van der Waals surface area contributed by atoms with E-state index in [0.29, 0.717) is 6.61 Å². The molecule has 0 atom stereocenters. The van der Waals surface area contributed by atoms with Crippen LogP contribution in [0.4, 0.5) is 0 Å². The summed E-state index contributed by atoms with van der Waals surface area (Å²) in [5.41, 5.74) is 2.77. The molecule has 1 aliphatic heterocycles. The average Bonchev–Trinajstić information content (AvgIpc) is 2.50. The van der Waals surface area contributed by atoms with Crippen molar-refractivity contribution in [3.63, 3.8) is 0 Å². The van der Waals surface area contributed by atoms with Gasteiger partial charge in [0.05, 0.1) is 6.61 Å². The van der Waals surface area contributed by atoms with E-state index in [-0.39, 0.29) is 5.97 Å². The van der Waals surface area contributed by atoms with Crippen LogP contribution in [0.3, 0.4) is 0 Å². The number of esters is 1. The van der Waals surface area contributed by atoms with Gasteiger partial charge in [-0.1, -0.05) is 48.1 Å². The Morgan fingerprint density at radius 3 is 2.62 bits per heavy atom. The first-order chi connectivity index (χ1) is 10.3. The van der Waals surface area contributed by atoms with Gasteiger partial charge in [-0.15, -0.1) is 0 Å². The number of carbonyl (C=O) groups excluding carboxylic acids is 1. The fourth-order valence-electron chi connectivity index (χ4n) is 2.46. The third-order valence-electron chi connectivity index (χ3n) is 3.60. The van der Waals surface area contributed by atoms with Crippen molar-refractivity contribution in [3.05, 3.63) is 59.7 Å². The van der Waals surface area contributed by atoms with Crippen molar-refractivity contribution < 1.29 is 9.53 Å². The molecule has 112 valence electrons. The zero-order valence-corrected chi connectivity index (χ0v) is 12.6. The van der Waals surface area contributed by atoms with Gasteiger partial charge in [-0.3, -0.25) is 4.90 Å². The number of hydrogen-bond acceptors (Lipinski definition) is 3. The minimum absolute atomic E-state index is 0.268. The molecule has 0 amide bonds. The van der Waals surface area contributed by atoms with Crippen LogP contribution in [0.5, 0.6) is 0 Å². The molecule has 3 heteroatoms. The predicted molar refractivity (Wildman–Crippen MR) is 84.8 cm³/mol. The molecule has 1 aliphatic rings. The first kappa shape index (κ1) is 15.5. The maximum atomic E-state index is 11.2. The number of benzene rings is 1. The summed E-state index contributed by atoms with van der Waals surface area (Å²) in [6.45, 7) is 5.41. The van der Waals surface area contributed by atoms with Crippen LogP contribution in [0.15, 0.2) is 54.1 Å².